The highest BCUT2D eigenvalue weighted by atomic mass is 19.1. The number of nitrogens with zero attached hydrogens (tertiary/aromatic N) is 3. The summed E-state index contributed by atoms with van der Waals surface area (Å²) in [4.78, 5) is 27.2. The number of pyridine rings is 1. The Bertz CT molecular complexity index is 1060. The normalized spacial score (nSPS) is 10.6. The number of benzene rings is 1. The molecule has 0 fully saturated rings. The van der Waals surface area contributed by atoms with Crippen molar-refractivity contribution in [1.82, 2.24) is 14.6 Å². The summed E-state index contributed by atoms with van der Waals surface area (Å²) < 4.78 is 20.5. The minimum atomic E-state index is -1.05. The number of carboxylic acid groups (broad SMARTS) is 1. The van der Waals surface area contributed by atoms with E-state index < -0.39 is 23.7 Å². The summed E-state index contributed by atoms with van der Waals surface area (Å²) in [6.07, 6.45) is 0.907. The Morgan fingerprint density at radius 3 is 2.78 bits per heavy atom. The monoisotopic (exact) mass is 372 g/mol. The number of aliphatic carboxylic acids is 1. The van der Waals surface area contributed by atoms with Crippen LogP contribution in [0.3, 0.4) is 0 Å². The van der Waals surface area contributed by atoms with Crippen LogP contribution in [-0.4, -0.2) is 37.6 Å². The van der Waals surface area contributed by atoms with Gasteiger partial charge in [-0.1, -0.05) is 0 Å². The van der Waals surface area contributed by atoms with Crippen LogP contribution in [0.2, 0.25) is 0 Å². The Kier molecular flexibility index (Phi) is 4.66. The van der Waals surface area contributed by atoms with Gasteiger partial charge in [0.05, 0.1) is 23.4 Å². The van der Waals surface area contributed by atoms with Crippen molar-refractivity contribution in [1.29, 1.82) is 5.41 Å². The molecule has 0 bridgehead atoms. The number of nitrogens with two attached hydrogens (primary N) is 1. The number of hydrogen-bond donors (Lipinski definition) is 4. The van der Waals surface area contributed by atoms with E-state index >= 15 is 0 Å². The zero-order valence-electron chi connectivity index (χ0n) is 13.6. The Morgan fingerprint density at radius 1 is 1.33 bits per heavy atom. The summed E-state index contributed by atoms with van der Waals surface area (Å²) in [5, 5.41) is 22.2. The van der Waals surface area contributed by atoms with Gasteiger partial charge < -0.3 is 20.9 Å². The number of fused-ring (bicyclic) bond motifs is 1. The molecular weight excluding hydrogens is 359 g/mol. The molecule has 3 rings (SSSR count). The van der Waals surface area contributed by atoms with Crippen LogP contribution in [-0.2, 0) is 11.2 Å². The highest BCUT2D eigenvalue weighted by Gasteiger charge is 2.17. The predicted molar refractivity (Wildman–Crippen MR) is 91.2 cm³/mol. The van der Waals surface area contributed by atoms with Crippen molar-refractivity contribution in [3.05, 3.63) is 53.7 Å². The molecule has 0 spiro atoms. The van der Waals surface area contributed by atoms with Crippen molar-refractivity contribution in [2.45, 2.75) is 6.42 Å². The van der Waals surface area contributed by atoms with E-state index in [-0.39, 0.29) is 29.1 Å². The quantitative estimate of drug-likeness (QED) is 0.294. The van der Waals surface area contributed by atoms with E-state index in [1.807, 2.05) is 0 Å². The molecule has 2 heterocycles. The molecule has 10 nitrogen and oxygen atoms in total. The first kappa shape index (κ1) is 17.8. The van der Waals surface area contributed by atoms with Gasteiger partial charge in [-0.05, 0) is 30.3 Å². The average molecular weight is 372 g/mol. The highest BCUT2D eigenvalue weighted by molar-refractivity contribution is 5.94. The van der Waals surface area contributed by atoms with E-state index in [0.29, 0.717) is 5.69 Å². The fourth-order valence-electron chi connectivity index (χ4n) is 2.35. The highest BCUT2D eigenvalue weighted by Crippen LogP contribution is 2.22. The first-order valence-corrected chi connectivity index (χ1v) is 7.51. The smallest absolute Gasteiger partial charge is 0.343 e. The number of esters is 1. The second-order valence-electron chi connectivity index (χ2n) is 5.38. The van der Waals surface area contributed by atoms with E-state index in [0.717, 1.165) is 6.07 Å². The second-order valence-corrected chi connectivity index (χ2v) is 5.38. The van der Waals surface area contributed by atoms with Crippen molar-refractivity contribution in [3.63, 3.8) is 0 Å². The van der Waals surface area contributed by atoms with Gasteiger partial charge in [-0.2, -0.15) is 5.10 Å². The van der Waals surface area contributed by atoms with Gasteiger partial charge in [-0.3, -0.25) is 10.2 Å². The zero-order chi connectivity index (χ0) is 19.6. The van der Waals surface area contributed by atoms with E-state index in [9.17, 15) is 14.0 Å². The lowest BCUT2D eigenvalue weighted by Crippen LogP contribution is -2.21. The van der Waals surface area contributed by atoms with Gasteiger partial charge in [0.15, 0.2) is 17.4 Å². The number of carbonyl (C=O) groups excluding carboxylic acids is 1. The molecule has 0 saturated heterocycles. The van der Waals surface area contributed by atoms with Crippen molar-refractivity contribution >= 4 is 29.2 Å². The minimum absolute atomic E-state index is 0.0398. The Labute approximate surface area is 150 Å². The van der Waals surface area contributed by atoms with Gasteiger partial charge >= 0.3 is 11.9 Å². The molecule has 3 aromatic rings. The van der Waals surface area contributed by atoms with Crippen LogP contribution in [0.5, 0.6) is 5.75 Å². The number of guanidine groups is 1. The third kappa shape index (κ3) is 3.81. The van der Waals surface area contributed by atoms with E-state index in [4.69, 9.17) is 21.0 Å². The third-order valence-electron chi connectivity index (χ3n) is 3.48. The fraction of sp³-hybridized carbons (Fsp3) is 0.0625. The molecule has 0 aliphatic carbocycles. The Hall–Kier alpha value is -4.02. The largest absolute Gasteiger partial charge is 0.481 e. The predicted octanol–water partition coefficient (Wildman–Crippen LogP) is 1.02. The lowest BCUT2D eigenvalue weighted by molar-refractivity contribution is -0.136. The molecule has 0 amide bonds. The average Bonchev–Trinajstić information content (AvgIpc) is 3.08. The molecule has 0 atom stereocenters. The number of rotatable bonds is 5. The van der Waals surface area contributed by atoms with Gasteiger partial charge in [-0.25, -0.2) is 18.7 Å². The number of anilines is 1. The maximum absolute atomic E-state index is 14.0. The van der Waals surface area contributed by atoms with Crippen LogP contribution in [0.15, 0.2) is 36.7 Å². The lowest BCUT2D eigenvalue weighted by Gasteiger charge is -2.09. The summed E-state index contributed by atoms with van der Waals surface area (Å²) >= 11 is 0. The first-order valence-electron chi connectivity index (χ1n) is 7.51. The van der Waals surface area contributed by atoms with Crippen molar-refractivity contribution in [3.8, 4) is 5.75 Å². The number of aromatic nitrogens is 3. The number of halogens is 1. The molecule has 0 saturated carbocycles. The molecule has 5 N–H and O–H groups in total. The van der Waals surface area contributed by atoms with E-state index in [1.54, 1.807) is 0 Å². The number of ether oxygens (including phenoxy) is 1. The second kappa shape index (κ2) is 7.07. The molecule has 1 aromatic carbocycles. The van der Waals surface area contributed by atoms with E-state index in [1.165, 1.54) is 35.1 Å². The number of carboxylic acids is 1. The van der Waals surface area contributed by atoms with Crippen LogP contribution >= 0.6 is 0 Å². The molecule has 0 unspecified atom stereocenters. The third-order valence-corrected chi connectivity index (χ3v) is 3.48. The molecule has 27 heavy (non-hydrogen) atoms. The standard InChI is InChI=1S/C16H13FN6O4/c17-10-5-8(1-3-11(10)22-16(18)19)15(26)27-12-4-2-9(6-13(24)25)23-14(12)20-7-21-23/h1-5,7H,6H2,(H,24,25)(H4,18,19,22). The SMILES string of the molecule is N=C(N)Nc1ccc(C(=O)Oc2ccc(CC(=O)O)n3ncnc23)cc1F. The first-order chi connectivity index (χ1) is 12.8. The van der Waals surface area contributed by atoms with Crippen LogP contribution in [0, 0.1) is 11.2 Å². The molecule has 2 aromatic heterocycles. The van der Waals surface area contributed by atoms with Crippen molar-refractivity contribution < 1.29 is 23.8 Å². The maximum Gasteiger partial charge on any atom is 0.343 e. The van der Waals surface area contributed by atoms with Crippen LogP contribution in [0.4, 0.5) is 10.1 Å². The summed E-state index contributed by atoms with van der Waals surface area (Å²) in [5.74, 6) is -3.09. The van der Waals surface area contributed by atoms with Gasteiger partial charge in [0, 0.05) is 0 Å². The van der Waals surface area contributed by atoms with E-state index in [2.05, 4.69) is 15.4 Å². The molecule has 11 heteroatoms. The summed E-state index contributed by atoms with van der Waals surface area (Å²) in [5.41, 5.74) is 5.50. The maximum atomic E-state index is 14.0. The van der Waals surface area contributed by atoms with Gasteiger partial charge in [-0.15, -0.1) is 0 Å². The topological polar surface area (TPSA) is 156 Å². The van der Waals surface area contributed by atoms with Gasteiger partial charge in [0.2, 0.25) is 0 Å². The summed E-state index contributed by atoms with van der Waals surface area (Å²) in [6.45, 7) is 0. The summed E-state index contributed by atoms with van der Waals surface area (Å²) in [7, 11) is 0. The van der Waals surface area contributed by atoms with Crippen LogP contribution in [0.25, 0.3) is 5.65 Å². The van der Waals surface area contributed by atoms with Crippen molar-refractivity contribution in [2.75, 3.05) is 5.32 Å². The van der Waals surface area contributed by atoms with Crippen LogP contribution < -0.4 is 15.8 Å². The minimum Gasteiger partial charge on any atom is -0.481 e. The van der Waals surface area contributed by atoms with Gasteiger partial charge in [0.25, 0.3) is 0 Å². The number of hydrogen-bond acceptors (Lipinski definition) is 6. The number of carbonyl (C=O) groups is 2. The molecule has 0 aliphatic rings. The Morgan fingerprint density at radius 2 is 2.11 bits per heavy atom. The number of nitrogens with one attached hydrogen (secondary N) is 2. The Balaban J connectivity index is 1.86. The van der Waals surface area contributed by atoms with Crippen molar-refractivity contribution in [2.24, 2.45) is 5.73 Å². The van der Waals surface area contributed by atoms with Crippen LogP contribution in [0.1, 0.15) is 16.1 Å². The summed E-state index contributed by atoms with van der Waals surface area (Å²) in [6, 6.07) is 6.32. The molecule has 0 radical (unpaired) electrons. The molecular formula is C16H13FN6O4. The molecule has 138 valence electrons. The lowest BCUT2D eigenvalue weighted by atomic mass is 10.2. The fourth-order valence-corrected chi connectivity index (χ4v) is 2.35. The molecule has 0 aliphatic heterocycles. The van der Waals surface area contributed by atoms with Gasteiger partial charge in [0.1, 0.15) is 12.1 Å². The zero-order valence-corrected chi connectivity index (χ0v) is 13.6.